The molecule has 0 radical (unpaired) electrons. The maximum Gasteiger partial charge on any atom is 0.126 e. The molecule has 1 aromatic carbocycles. The Morgan fingerprint density at radius 3 is 2.91 bits per heavy atom. The monoisotopic (exact) mass is 470 g/mol. The number of benzene rings is 1. The fourth-order valence-electron chi connectivity index (χ4n) is 4.67. The zero-order chi connectivity index (χ0) is 23.0. The van der Waals surface area contributed by atoms with Crippen molar-refractivity contribution in [2.75, 3.05) is 39.1 Å². The first-order chi connectivity index (χ1) is 16.2. The van der Waals surface area contributed by atoms with Crippen LogP contribution in [0.4, 0.5) is 4.39 Å². The molecule has 3 atom stereocenters. The van der Waals surface area contributed by atoms with Crippen LogP contribution in [0.15, 0.2) is 53.8 Å². The van der Waals surface area contributed by atoms with Crippen molar-refractivity contribution in [2.45, 2.75) is 30.3 Å². The van der Waals surface area contributed by atoms with E-state index in [1.165, 1.54) is 0 Å². The van der Waals surface area contributed by atoms with Crippen LogP contribution in [0.1, 0.15) is 31.0 Å². The molecule has 0 aliphatic carbocycles. The number of fused-ring (bicyclic) bond motifs is 1. The van der Waals surface area contributed by atoms with Gasteiger partial charge >= 0.3 is 0 Å². The van der Waals surface area contributed by atoms with Gasteiger partial charge in [0.2, 0.25) is 0 Å². The minimum atomic E-state index is -1.06. The van der Waals surface area contributed by atoms with E-state index in [2.05, 4.69) is 20.1 Å². The quantitative estimate of drug-likeness (QED) is 0.436. The van der Waals surface area contributed by atoms with Crippen LogP contribution in [0.2, 0.25) is 0 Å². The Morgan fingerprint density at radius 1 is 1.21 bits per heavy atom. The summed E-state index contributed by atoms with van der Waals surface area (Å²) in [6, 6.07) is 9.31. The zero-order valence-corrected chi connectivity index (χ0v) is 19.8. The number of aliphatic hydroxyl groups is 1. The average molecular weight is 471 g/mol. The Balaban J connectivity index is 1.30. The number of halogens is 1. The van der Waals surface area contributed by atoms with Crippen LogP contribution in [-0.2, 0) is 0 Å². The summed E-state index contributed by atoms with van der Waals surface area (Å²) in [4.78, 5) is 7.89. The smallest absolute Gasteiger partial charge is 0.126 e. The second-order valence-electron chi connectivity index (χ2n) is 8.55. The third-order valence-corrected chi connectivity index (χ3v) is 7.52. The van der Waals surface area contributed by atoms with Crippen LogP contribution >= 0.6 is 11.8 Å². The maximum atomic E-state index is 15.3. The Morgan fingerprint density at radius 2 is 2.12 bits per heavy atom. The summed E-state index contributed by atoms with van der Waals surface area (Å²) in [5, 5.41) is 18.5. The molecule has 0 spiro atoms. The van der Waals surface area contributed by atoms with Gasteiger partial charge in [-0.3, -0.25) is 4.98 Å². The number of hydrogen-bond acceptors (Lipinski definition) is 7. The summed E-state index contributed by atoms with van der Waals surface area (Å²) < 4.78 is 20.7. The molecule has 1 saturated heterocycles. The number of piperidine rings is 1. The van der Waals surface area contributed by atoms with Gasteiger partial charge in [-0.25, -0.2) is 4.39 Å². The molecule has 6 nitrogen and oxygen atoms in total. The van der Waals surface area contributed by atoms with E-state index in [4.69, 9.17) is 4.74 Å². The van der Waals surface area contributed by atoms with Crippen molar-refractivity contribution in [1.82, 2.24) is 20.1 Å². The van der Waals surface area contributed by atoms with Gasteiger partial charge in [0.05, 0.1) is 25.0 Å². The van der Waals surface area contributed by atoms with Crippen molar-refractivity contribution in [1.29, 1.82) is 0 Å². The largest absolute Gasteiger partial charge is 0.497 e. The summed E-state index contributed by atoms with van der Waals surface area (Å²) >= 11 is 1.77. The maximum absolute atomic E-state index is 15.3. The summed E-state index contributed by atoms with van der Waals surface area (Å²) in [6.45, 7) is 2.97. The SMILES string of the molecule is COc1ccc2nccc([C@H](F)CC[C@@H]3CCN(CCSc4ccnnc4)C[C@@H]3CO)c2c1. The number of aromatic nitrogens is 3. The van der Waals surface area contributed by atoms with Gasteiger partial charge in [0.25, 0.3) is 0 Å². The second kappa shape index (κ2) is 11.7. The van der Waals surface area contributed by atoms with Crippen molar-refractivity contribution in [3.05, 3.63) is 54.5 Å². The summed E-state index contributed by atoms with van der Waals surface area (Å²) in [5.41, 5.74) is 1.44. The minimum Gasteiger partial charge on any atom is -0.497 e. The van der Waals surface area contributed by atoms with E-state index in [-0.39, 0.29) is 12.5 Å². The Kier molecular flexibility index (Phi) is 8.47. The van der Waals surface area contributed by atoms with Crippen molar-refractivity contribution >= 4 is 22.7 Å². The highest BCUT2D eigenvalue weighted by atomic mass is 32.2. The highest BCUT2D eigenvalue weighted by Gasteiger charge is 2.29. The molecule has 8 heteroatoms. The molecule has 4 rings (SSSR count). The topological polar surface area (TPSA) is 71.4 Å². The number of aliphatic hydroxyl groups excluding tert-OH is 1. The summed E-state index contributed by atoms with van der Waals surface area (Å²) in [7, 11) is 1.61. The van der Waals surface area contributed by atoms with Gasteiger partial charge in [-0.05, 0) is 73.5 Å². The van der Waals surface area contributed by atoms with Crippen LogP contribution < -0.4 is 4.74 Å². The highest BCUT2D eigenvalue weighted by molar-refractivity contribution is 7.99. The lowest BCUT2D eigenvalue weighted by molar-refractivity contribution is 0.0672. The Labute approximate surface area is 198 Å². The molecule has 0 bridgehead atoms. The van der Waals surface area contributed by atoms with E-state index in [0.29, 0.717) is 23.7 Å². The van der Waals surface area contributed by atoms with E-state index in [0.717, 1.165) is 54.0 Å². The van der Waals surface area contributed by atoms with E-state index >= 15 is 4.39 Å². The number of alkyl halides is 1. The summed E-state index contributed by atoms with van der Waals surface area (Å²) in [6.07, 6.45) is 6.30. The molecule has 0 amide bonds. The molecule has 1 N–H and O–H groups in total. The highest BCUT2D eigenvalue weighted by Crippen LogP contribution is 2.35. The molecule has 2 aromatic heterocycles. The molecule has 3 heterocycles. The van der Waals surface area contributed by atoms with Crippen LogP contribution in [0, 0.1) is 11.8 Å². The van der Waals surface area contributed by atoms with Gasteiger partial charge in [-0.15, -0.1) is 11.8 Å². The van der Waals surface area contributed by atoms with E-state index in [9.17, 15) is 5.11 Å². The molecule has 1 aliphatic rings. The van der Waals surface area contributed by atoms with Crippen molar-refractivity contribution < 1.29 is 14.2 Å². The third kappa shape index (κ3) is 6.19. The molecular weight excluding hydrogens is 439 g/mol. The Hall–Kier alpha value is -2.29. The Bertz CT molecular complexity index is 1030. The molecule has 0 unspecified atom stereocenters. The first kappa shape index (κ1) is 23.9. The molecule has 33 heavy (non-hydrogen) atoms. The number of thioether (sulfide) groups is 1. The molecular formula is C25H31FN4O2S. The standard InChI is InChI=1S/C25H31FN4O2S/c1-32-20-3-5-25-23(14-20)22(7-9-27-25)24(26)4-2-18-8-11-30(16-19(18)17-31)12-13-33-21-6-10-28-29-15-21/h3,5-7,9-10,14-15,18-19,24,31H,2,4,8,11-13,16-17H2,1H3/t18-,19-,24-/m1/s1. The molecule has 0 saturated carbocycles. The normalized spacial score (nSPS) is 20.1. The molecule has 1 aliphatic heterocycles. The second-order valence-corrected chi connectivity index (χ2v) is 9.72. The number of methoxy groups -OCH3 is 1. The average Bonchev–Trinajstić information content (AvgIpc) is 2.87. The lowest BCUT2D eigenvalue weighted by atomic mass is 9.81. The first-order valence-corrected chi connectivity index (χ1v) is 12.5. The predicted molar refractivity (Wildman–Crippen MR) is 129 cm³/mol. The third-order valence-electron chi connectivity index (χ3n) is 6.55. The van der Waals surface area contributed by atoms with Gasteiger partial charge in [0.1, 0.15) is 11.9 Å². The van der Waals surface area contributed by atoms with Gasteiger partial charge in [0, 0.05) is 41.9 Å². The van der Waals surface area contributed by atoms with Gasteiger partial charge in [-0.2, -0.15) is 10.2 Å². The van der Waals surface area contributed by atoms with Crippen LogP contribution in [0.5, 0.6) is 5.75 Å². The predicted octanol–water partition coefficient (Wildman–Crippen LogP) is 4.55. The van der Waals surface area contributed by atoms with E-state index in [1.807, 2.05) is 24.3 Å². The van der Waals surface area contributed by atoms with Crippen LogP contribution in [-0.4, -0.2) is 64.3 Å². The minimum absolute atomic E-state index is 0.148. The zero-order valence-electron chi connectivity index (χ0n) is 18.9. The van der Waals surface area contributed by atoms with Crippen LogP contribution in [0.25, 0.3) is 10.9 Å². The number of pyridine rings is 1. The number of rotatable bonds is 10. The van der Waals surface area contributed by atoms with Gasteiger partial charge in [-0.1, -0.05) is 0 Å². The fourth-order valence-corrected chi connectivity index (χ4v) is 5.53. The summed E-state index contributed by atoms with van der Waals surface area (Å²) in [5.74, 6) is 2.20. The lowest BCUT2D eigenvalue weighted by Crippen LogP contribution is -2.43. The van der Waals surface area contributed by atoms with E-state index in [1.54, 1.807) is 43.5 Å². The van der Waals surface area contributed by atoms with Crippen molar-refractivity contribution in [3.8, 4) is 5.75 Å². The molecule has 3 aromatic rings. The number of ether oxygens (including phenoxy) is 1. The van der Waals surface area contributed by atoms with Crippen LogP contribution in [0.3, 0.4) is 0 Å². The van der Waals surface area contributed by atoms with Crippen molar-refractivity contribution in [3.63, 3.8) is 0 Å². The number of likely N-dealkylation sites (tertiary alicyclic amines) is 1. The number of nitrogens with zero attached hydrogens (tertiary/aromatic N) is 4. The van der Waals surface area contributed by atoms with E-state index < -0.39 is 6.17 Å². The van der Waals surface area contributed by atoms with Gasteiger partial charge in [0.15, 0.2) is 0 Å². The number of hydrogen-bond donors (Lipinski definition) is 1. The molecule has 1 fully saturated rings. The first-order valence-electron chi connectivity index (χ1n) is 11.5. The van der Waals surface area contributed by atoms with Crippen molar-refractivity contribution in [2.24, 2.45) is 11.8 Å². The fraction of sp³-hybridized carbons (Fsp3) is 0.480. The molecule has 176 valence electrons. The lowest BCUT2D eigenvalue weighted by Gasteiger charge is -2.38. The van der Waals surface area contributed by atoms with Gasteiger partial charge < -0.3 is 14.7 Å².